The quantitative estimate of drug-likeness (QED) is 0.686. The maximum atomic E-state index is 4.45. The predicted octanol–water partition coefficient (Wildman–Crippen LogP) is 2.53. The van der Waals surface area contributed by atoms with Crippen molar-refractivity contribution < 1.29 is 0 Å². The third kappa shape index (κ3) is 1.88. The number of rotatable bonds is 2. The average Bonchev–Trinajstić information content (AvgIpc) is 2.75. The number of hydrogen-bond donors (Lipinski definition) is 0. The fourth-order valence-corrected chi connectivity index (χ4v) is 1.83. The highest BCUT2D eigenvalue weighted by Gasteiger charge is 2.05. The zero-order valence-corrected chi connectivity index (χ0v) is 9.99. The van der Waals surface area contributed by atoms with Crippen LogP contribution in [0, 0.1) is 0 Å². The number of aryl methyl sites for hydroxylation is 1. The molecule has 3 aromatic rings. The van der Waals surface area contributed by atoms with Crippen molar-refractivity contribution in [3.8, 4) is 0 Å². The fourth-order valence-electron chi connectivity index (χ4n) is 1.83. The second-order valence-corrected chi connectivity index (χ2v) is 4.00. The zero-order valence-electron chi connectivity index (χ0n) is 9.99. The Kier molecular flexibility index (Phi) is 2.61. The van der Waals surface area contributed by atoms with Crippen LogP contribution in [0.25, 0.3) is 23.3 Å². The maximum absolute atomic E-state index is 4.45. The molecule has 1 aromatic carbocycles. The van der Waals surface area contributed by atoms with E-state index in [1.807, 2.05) is 42.0 Å². The van der Waals surface area contributed by atoms with E-state index < -0.39 is 0 Å². The van der Waals surface area contributed by atoms with Crippen LogP contribution in [0.2, 0.25) is 0 Å². The van der Waals surface area contributed by atoms with Crippen LogP contribution >= 0.6 is 0 Å². The molecule has 4 heteroatoms. The Morgan fingerprint density at radius 2 is 1.94 bits per heavy atom. The van der Waals surface area contributed by atoms with Gasteiger partial charge in [0.05, 0.1) is 6.20 Å². The predicted molar refractivity (Wildman–Crippen MR) is 71.7 cm³/mol. The highest BCUT2D eigenvalue weighted by Crippen LogP contribution is 2.13. The molecule has 0 fully saturated rings. The van der Waals surface area contributed by atoms with E-state index in [0.29, 0.717) is 0 Å². The first kappa shape index (κ1) is 10.7. The minimum absolute atomic E-state index is 0.722. The lowest BCUT2D eigenvalue weighted by Crippen LogP contribution is -1.91. The number of benzene rings is 1. The van der Waals surface area contributed by atoms with Gasteiger partial charge in [-0.05, 0) is 11.6 Å². The van der Waals surface area contributed by atoms with Gasteiger partial charge in [-0.1, -0.05) is 36.4 Å². The summed E-state index contributed by atoms with van der Waals surface area (Å²) in [5.74, 6) is 0.870. The molecule has 4 nitrogen and oxygen atoms in total. The van der Waals surface area contributed by atoms with Crippen molar-refractivity contribution in [2.45, 2.75) is 0 Å². The van der Waals surface area contributed by atoms with Gasteiger partial charge in [-0.15, -0.1) is 0 Å². The molecular formula is C14H12N4. The van der Waals surface area contributed by atoms with Crippen molar-refractivity contribution in [2.24, 2.45) is 7.05 Å². The monoisotopic (exact) mass is 236 g/mol. The Morgan fingerprint density at radius 3 is 2.72 bits per heavy atom. The summed E-state index contributed by atoms with van der Waals surface area (Å²) < 4.78 is 1.98. The number of fused-ring (bicyclic) bond motifs is 1. The summed E-state index contributed by atoms with van der Waals surface area (Å²) in [7, 11) is 1.96. The Hall–Kier alpha value is -2.49. The molecule has 0 spiro atoms. The Bertz CT molecular complexity index is 698. The van der Waals surface area contributed by atoms with Crippen LogP contribution in [-0.4, -0.2) is 19.5 Å². The summed E-state index contributed by atoms with van der Waals surface area (Å²) in [6.07, 6.45) is 7.31. The van der Waals surface area contributed by atoms with Crippen LogP contribution in [0.1, 0.15) is 11.4 Å². The van der Waals surface area contributed by atoms with Gasteiger partial charge >= 0.3 is 0 Å². The lowest BCUT2D eigenvalue weighted by molar-refractivity contribution is 0.928. The van der Waals surface area contributed by atoms with E-state index >= 15 is 0 Å². The minimum Gasteiger partial charge on any atom is -0.325 e. The highest BCUT2D eigenvalue weighted by atomic mass is 15.1. The van der Waals surface area contributed by atoms with Crippen LogP contribution in [0.5, 0.6) is 0 Å². The molecule has 2 heterocycles. The Labute approximate surface area is 105 Å². The Balaban J connectivity index is 2.00. The molecular weight excluding hydrogens is 224 g/mol. The van der Waals surface area contributed by atoms with E-state index in [4.69, 9.17) is 0 Å². The van der Waals surface area contributed by atoms with Gasteiger partial charge in [0.15, 0.2) is 5.65 Å². The minimum atomic E-state index is 0.722. The Morgan fingerprint density at radius 1 is 1.11 bits per heavy atom. The molecule has 0 aliphatic heterocycles. The second-order valence-electron chi connectivity index (χ2n) is 4.00. The molecule has 0 atom stereocenters. The van der Waals surface area contributed by atoms with Gasteiger partial charge in [0.2, 0.25) is 0 Å². The molecule has 18 heavy (non-hydrogen) atoms. The van der Waals surface area contributed by atoms with Crippen LogP contribution in [0.15, 0.2) is 42.9 Å². The first-order valence-corrected chi connectivity index (χ1v) is 5.70. The molecule has 0 amide bonds. The van der Waals surface area contributed by atoms with E-state index in [1.54, 1.807) is 6.20 Å². The normalized spacial score (nSPS) is 11.4. The summed E-state index contributed by atoms with van der Waals surface area (Å²) in [5.41, 5.74) is 2.81. The highest BCUT2D eigenvalue weighted by molar-refractivity contribution is 5.75. The average molecular weight is 236 g/mol. The van der Waals surface area contributed by atoms with Gasteiger partial charge in [-0.3, -0.25) is 0 Å². The second kappa shape index (κ2) is 4.41. The van der Waals surface area contributed by atoms with Gasteiger partial charge in [-0.2, -0.15) is 0 Å². The van der Waals surface area contributed by atoms with Crippen molar-refractivity contribution in [3.05, 3.63) is 54.2 Å². The van der Waals surface area contributed by atoms with Crippen molar-refractivity contribution in [1.82, 2.24) is 19.5 Å². The number of aromatic nitrogens is 4. The van der Waals surface area contributed by atoms with E-state index in [-0.39, 0.29) is 0 Å². The summed E-state index contributed by atoms with van der Waals surface area (Å²) in [6.45, 7) is 0. The molecule has 0 saturated carbocycles. The molecule has 0 radical (unpaired) electrons. The van der Waals surface area contributed by atoms with Crippen molar-refractivity contribution in [2.75, 3.05) is 0 Å². The van der Waals surface area contributed by atoms with Gasteiger partial charge in [-0.25, -0.2) is 15.0 Å². The summed E-state index contributed by atoms with van der Waals surface area (Å²) in [6, 6.07) is 10.1. The van der Waals surface area contributed by atoms with Crippen molar-refractivity contribution in [1.29, 1.82) is 0 Å². The van der Waals surface area contributed by atoms with Crippen LogP contribution in [0.4, 0.5) is 0 Å². The van der Waals surface area contributed by atoms with Crippen molar-refractivity contribution in [3.63, 3.8) is 0 Å². The van der Waals surface area contributed by atoms with E-state index in [9.17, 15) is 0 Å². The summed E-state index contributed by atoms with van der Waals surface area (Å²) in [4.78, 5) is 12.6. The number of nitrogens with zero attached hydrogens (tertiary/aromatic N) is 4. The summed E-state index contributed by atoms with van der Waals surface area (Å²) in [5, 5.41) is 0. The van der Waals surface area contributed by atoms with E-state index in [2.05, 4.69) is 27.1 Å². The van der Waals surface area contributed by atoms with Crippen molar-refractivity contribution >= 4 is 23.3 Å². The molecule has 3 rings (SSSR count). The van der Waals surface area contributed by atoms with Crippen LogP contribution < -0.4 is 0 Å². The molecule has 0 N–H and O–H groups in total. The zero-order chi connectivity index (χ0) is 12.4. The third-order valence-electron chi connectivity index (χ3n) is 2.82. The molecule has 0 bridgehead atoms. The van der Waals surface area contributed by atoms with E-state index in [1.165, 1.54) is 6.33 Å². The standard InChI is InChI=1S/C14H12N4/c1-18-12-9-15-10-16-14(12)17-13(18)8-7-11-5-3-2-4-6-11/h2-10H,1H3/b8-7+. The summed E-state index contributed by atoms with van der Waals surface area (Å²) >= 11 is 0. The number of hydrogen-bond acceptors (Lipinski definition) is 3. The molecule has 0 unspecified atom stereocenters. The fraction of sp³-hybridized carbons (Fsp3) is 0.0714. The van der Waals surface area contributed by atoms with Gasteiger partial charge < -0.3 is 4.57 Å². The number of imidazole rings is 1. The first-order chi connectivity index (χ1) is 8.84. The molecule has 0 saturated heterocycles. The van der Waals surface area contributed by atoms with Crippen LogP contribution in [0.3, 0.4) is 0 Å². The lowest BCUT2D eigenvalue weighted by atomic mass is 10.2. The van der Waals surface area contributed by atoms with Crippen LogP contribution in [-0.2, 0) is 7.05 Å². The topological polar surface area (TPSA) is 43.6 Å². The van der Waals surface area contributed by atoms with Gasteiger partial charge in [0.1, 0.15) is 17.7 Å². The SMILES string of the molecule is Cn1c(/C=C/c2ccccc2)nc2ncncc21. The molecule has 88 valence electrons. The smallest absolute Gasteiger partial charge is 0.181 e. The van der Waals surface area contributed by atoms with E-state index in [0.717, 1.165) is 22.6 Å². The lowest BCUT2D eigenvalue weighted by Gasteiger charge is -1.96. The van der Waals surface area contributed by atoms with Gasteiger partial charge in [0, 0.05) is 7.05 Å². The molecule has 0 aliphatic carbocycles. The first-order valence-electron chi connectivity index (χ1n) is 5.70. The van der Waals surface area contributed by atoms with Gasteiger partial charge in [0.25, 0.3) is 0 Å². The maximum Gasteiger partial charge on any atom is 0.181 e. The third-order valence-corrected chi connectivity index (χ3v) is 2.82. The molecule has 0 aliphatic rings. The largest absolute Gasteiger partial charge is 0.325 e. The molecule has 2 aromatic heterocycles.